The topological polar surface area (TPSA) is 38.7 Å². The number of aliphatic hydroxyl groups is 1. The zero-order valence-electron chi connectivity index (χ0n) is 5.13. The molecule has 0 saturated heterocycles. The van der Waals surface area contributed by atoms with E-state index in [1.54, 1.807) is 6.92 Å². The minimum absolute atomic E-state index is 0.140. The molecule has 0 fully saturated rings. The van der Waals surface area contributed by atoms with Gasteiger partial charge in [0.1, 0.15) is 5.76 Å². The van der Waals surface area contributed by atoms with Gasteiger partial charge in [-0.3, -0.25) is 0 Å². The summed E-state index contributed by atoms with van der Waals surface area (Å²) < 4.78 is 9.59. The van der Waals surface area contributed by atoms with Gasteiger partial charge in [0.05, 0.1) is 6.08 Å². The Morgan fingerprint density at radius 1 is 1.67 bits per heavy atom. The molecule has 0 aromatic heterocycles. The molecule has 0 amide bonds. The highest BCUT2D eigenvalue weighted by Gasteiger charge is 2.12. The first-order valence-corrected chi connectivity index (χ1v) is 2.61. The third kappa shape index (κ3) is 1.38. The molecule has 1 heterocycles. The lowest BCUT2D eigenvalue weighted by Gasteiger charge is -2.19. The molecule has 0 aromatic carbocycles. The van der Waals surface area contributed by atoms with Gasteiger partial charge in [0.15, 0.2) is 0 Å². The fourth-order valence-electron chi connectivity index (χ4n) is 0.613. The first kappa shape index (κ1) is 6.01. The number of hydrogen-bond acceptors (Lipinski definition) is 3. The predicted octanol–water partition coefficient (Wildman–Crippen LogP) is 1.29. The first-order chi connectivity index (χ1) is 4.18. The van der Waals surface area contributed by atoms with Gasteiger partial charge in [-0.05, 0) is 0 Å². The van der Waals surface area contributed by atoms with E-state index in [2.05, 4.69) is 6.58 Å². The van der Waals surface area contributed by atoms with Crippen LogP contribution in [0.3, 0.4) is 0 Å². The van der Waals surface area contributed by atoms with Crippen LogP contribution in [0.15, 0.2) is 24.4 Å². The molecule has 0 radical (unpaired) electrons. The maximum Gasteiger partial charge on any atom is 0.283 e. The summed E-state index contributed by atoms with van der Waals surface area (Å²) in [7, 11) is 0. The second-order valence-electron chi connectivity index (χ2n) is 1.75. The molecule has 1 atom stereocenters. The smallest absolute Gasteiger partial charge is 0.283 e. The molecular weight excluding hydrogens is 120 g/mol. The fourth-order valence-corrected chi connectivity index (χ4v) is 0.613. The molecule has 1 N–H and O–H groups in total. The zero-order chi connectivity index (χ0) is 6.85. The van der Waals surface area contributed by atoms with E-state index in [-0.39, 0.29) is 5.95 Å². The van der Waals surface area contributed by atoms with Crippen molar-refractivity contribution in [2.75, 3.05) is 0 Å². The van der Waals surface area contributed by atoms with Crippen molar-refractivity contribution in [2.24, 2.45) is 0 Å². The Labute approximate surface area is 53.2 Å². The lowest BCUT2D eigenvalue weighted by Crippen LogP contribution is -2.15. The van der Waals surface area contributed by atoms with E-state index in [1.165, 1.54) is 6.08 Å². The summed E-state index contributed by atoms with van der Waals surface area (Å²) >= 11 is 0. The number of allylic oxidation sites excluding steroid dienone is 1. The Bertz CT molecular complexity index is 160. The van der Waals surface area contributed by atoms with Gasteiger partial charge in [0.25, 0.3) is 5.95 Å². The van der Waals surface area contributed by atoms with E-state index in [9.17, 15) is 0 Å². The van der Waals surface area contributed by atoms with E-state index < -0.39 is 6.29 Å². The van der Waals surface area contributed by atoms with Crippen LogP contribution in [0, 0.1) is 0 Å². The molecule has 3 heteroatoms. The second kappa shape index (κ2) is 2.01. The van der Waals surface area contributed by atoms with Gasteiger partial charge in [-0.15, -0.1) is 0 Å². The van der Waals surface area contributed by atoms with E-state index in [4.69, 9.17) is 14.6 Å². The van der Waals surface area contributed by atoms with Gasteiger partial charge in [-0.2, -0.15) is 0 Å². The Kier molecular flexibility index (Phi) is 1.34. The minimum Gasteiger partial charge on any atom is -0.481 e. The van der Waals surface area contributed by atoms with Crippen LogP contribution in [0.4, 0.5) is 0 Å². The molecule has 1 aliphatic rings. The van der Waals surface area contributed by atoms with Crippen molar-refractivity contribution in [3.05, 3.63) is 24.4 Å². The van der Waals surface area contributed by atoms with Crippen LogP contribution in [0.5, 0.6) is 0 Å². The summed E-state index contributed by atoms with van der Waals surface area (Å²) in [5.41, 5.74) is 0. The van der Waals surface area contributed by atoms with Crippen LogP contribution in [-0.2, 0) is 9.47 Å². The van der Waals surface area contributed by atoms with Crippen LogP contribution in [0.25, 0.3) is 0 Å². The van der Waals surface area contributed by atoms with Crippen molar-refractivity contribution >= 4 is 0 Å². The third-order valence-electron chi connectivity index (χ3n) is 0.889. The van der Waals surface area contributed by atoms with Crippen LogP contribution in [0.2, 0.25) is 0 Å². The second-order valence-corrected chi connectivity index (χ2v) is 1.75. The molecule has 0 aromatic rings. The lowest BCUT2D eigenvalue weighted by atomic mass is 10.5. The number of aliphatic hydroxyl groups excluding tert-OH is 1. The molecule has 0 spiro atoms. The predicted molar refractivity (Wildman–Crippen MR) is 31.5 cm³/mol. The molecule has 1 rings (SSSR count). The normalized spacial score (nSPS) is 26.1. The number of rotatable bonds is 0. The highest BCUT2D eigenvalue weighted by Crippen LogP contribution is 2.14. The van der Waals surface area contributed by atoms with Crippen molar-refractivity contribution in [2.45, 2.75) is 13.2 Å². The van der Waals surface area contributed by atoms with Crippen molar-refractivity contribution < 1.29 is 14.6 Å². The van der Waals surface area contributed by atoms with Gasteiger partial charge in [0, 0.05) is 6.92 Å². The molecular formula is C6H8O3. The molecule has 0 bridgehead atoms. The van der Waals surface area contributed by atoms with Crippen LogP contribution in [-0.4, -0.2) is 11.4 Å². The maximum absolute atomic E-state index is 8.75. The maximum atomic E-state index is 8.75. The number of ether oxygens (including phenoxy) is 2. The number of hydrogen-bond donors (Lipinski definition) is 1. The highest BCUT2D eigenvalue weighted by molar-refractivity contribution is 5.09. The van der Waals surface area contributed by atoms with Crippen LogP contribution >= 0.6 is 0 Å². The van der Waals surface area contributed by atoms with Gasteiger partial charge >= 0.3 is 0 Å². The Morgan fingerprint density at radius 2 is 2.33 bits per heavy atom. The monoisotopic (exact) mass is 128 g/mol. The van der Waals surface area contributed by atoms with Crippen LogP contribution < -0.4 is 0 Å². The van der Waals surface area contributed by atoms with Crippen molar-refractivity contribution in [3.8, 4) is 0 Å². The Morgan fingerprint density at radius 3 is 2.78 bits per heavy atom. The van der Waals surface area contributed by atoms with E-state index >= 15 is 0 Å². The SMILES string of the molecule is C=C1C=C(O)OC(C)O1. The zero-order valence-corrected chi connectivity index (χ0v) is 5.13. The standard InChI is InChI=1S/C6H8O3/c1-4-3-6(7)9-5(2)8-4/h3,5,7H,1H2,2H3. The lowest BCUT2D eigenvalue weighted by molar-refractivity contribution is -0.116. The molecule has 9 heavy (non-hydrogen) atoms. The minimum atomic E-state index is -0.428. The summed E-state index contributed by atoms with van der Waals surface area (Å²) in [6.45, 7) is 5.15. The van der Waals surface area contributed by atoms with E-state index in [0.29, 0.717) is 5.76 Å². The van der Waals surface area contributed by atoms with Crippen LogP contribution in [0.1, 0.15) is 6.92 Å². The summed E-state index contributed by atoms with van der Waals surface area (Å²) in [6.07, 6.45) is 0.891. The van der Waals surface area contributed by atoms with Gasteiger partial charge in [0.2, 0.25) is 6.29 Å². The Balaban J connectivity index is 2.67. The summed E-state index contributed by atoms with van der Waals surface area (Å²) in [5, 5.41) is 8.75. The highest BCUT2D eigenvalue weighted by atomic mass is 16.7. The summed E-state index contributed by atoms with van der Waals surface area (Å²) in [6, 6.07) is 0. The van der Waals surface area contributed by atoms with Gasteiger partial charge in [-0.1, -0.05) is 6.58 Å². The van der Waals surface area contributed by atoms with Gasteiger partial charge < -0.3 is 14.6 Å². The van der Waals surface area contributed by atoms with Crippen molar-refractivity contribution in [1.29, 1.82) is 0 Å². The average molecular weight is 128 g/mol. The average Bonchev–Trinajstić information content (AvgIpc) is 1.59. The Hall–Kier alpha value is -1.12. The molecule has 1 unspecified atom stereocenters. The van der Waals surface area contributed by atoms with Crippen molar-refractivity contribution in [3.63, 3.8) is 0 Å². The van der Waals surface area contributed by atoms with Crippen molar-refractivity contribution in [1.82, 2.24) is 0 Å². The molecule has 0 saturated carbocycles. The third-order valence-corrected chi connectivity index (χ3v) is 0.889. The van der Waals surface area contributed by atoms with Gasteiger partial charge in [-0.25, -0.2) is 0 Å². The summed E-state index contributed by atoms with van der Waals surface area (Å²) in [5.74, 6) is 0.282. The van der Waals surface area contributed by atoms with E-state index in [0.717, 1.165) is 0 Å². The van der Waals surface area contributed by atoms with E-state index in [1.807, 2.05) is 0 Å². The quantitative estimate of drug-likeness (QED) is 0.534. The molecule has 3 nitrogen and oxygen atoms in total. The fraction of sp³-hybridized carbons (Fsp3) is 0.333. The largest absolute Gasteiger partial charge is 0.481 e. The molecule has 1 aliphatic heterocycles. The summed E-state index contributed by atoms with van der Waals surface area (Å²) in [4.78, 5) is 0. The first-order valence-electron chi connectivity index (χ1n) is 2.61. The molecule has 0 aliphatic carbocycles. The molecule has 50 valence electrons.